The SMILES string of the molecule is C=C1C[C@@H](CCC(=O)Nc2cc(F)ccn2)C2C3CCc4cc(Cl)ccc4C3CC[C@]12C. The van der Waals surface area contributed by atoms with Gasteiger partial charge in [0, 0.05) is 23.7 Å². The molecule has 1 heterocycles. The second kappa shape index (κ2) is 8.30. The minimum absolute atomic E-state index is 0.0988. The summed E-state index contributed by atoms with van der Waals surface area (Å²) in [6, 6.07) is 8.96. The average Bonchev–Trinajstić information content (AvgIpc) is 3.02. The number of rotatable bonds is 4. The van der Waals surface area contributed by atoms with Gasteiger partial charge in [0.2, 0.25) is 5.91 Å². The van der Waals surface area contributed by atoms with Crippen molar-refractivity contribution < 1.29 is 9.18 Å². The van der Waals surface area contributed by atoms with Gasteiger partial charge in [0.25, 0.3) is 0 Å². The molecule has 3 nitrogen and oxygen atoms in total. The Morgan fingerprint density at radius 2 is 2.16 bits per heavy atom. The highest BCUT2D eigenvalue weighted by Crippen LogP contribution is 2.65. The summed E-state index contributed by atoms with van der Waals surface area (Å²) in [5, 5.41) is 3.58. The molecule has 168 valence electrons. The number of benzene rings is 1. The lowest BCUT2D eigenvalue weighted by Gasteiger charge is -2.51. The number of nitrogens with one attached hydrogen (secondary N) is 1. The topological polar surface area (TPSA) is 42.0 Å². The van der Waals surface area contributed by atoms with Crippen LogP contribution in [0.4, 0.5) is 10.2 Å². The van der Waals surface area contributed by atoms with Crippen molar-refractivity contribution in [3.8, 4) is 0 Å². The molecule has 0 radical (unpaired) electrons. The van der Waals surface area contributed by atoms with Gasteiger partial charge in [0.05, 0.1) is 0 Å². The van der Waals surface area contributed by atoms with Crippen LogP contribution in [0.15, 0.2) is 48.7 Å². The van der Waals surface area contributed by atoms with Crippen molar-refractivity contribution in [3.05, 3.63) is 70.6 Å². The number of hydrogen-bond donors (Lipinski definition) is 1. The molecule has 5 heteroatoms. The van der Waals surface area contributed by atoms with Crippen LogP contribution in [0.2, 0.25) is 5.02 Å². The summed E-state index contributed by atoms with van der Waals surface area (Å²) in [4.78, 5) is 16.6. The molecule has 5 rings (SSSR count). The molecule has 1 amide bonds. The molecule has 2 aromatic rings. The predicted octanol–water partition coefficient (Wildman–Crippen LogP) is 6.93. The van der Waals surface area contributed by atoms with Crippen LogP contribution >= 0.6 is 11.6 Å². The third-order valence-corrected chi connectivity index (χ3v) is 8.73. The Balaban J connectivity index is 1.32. The van der Waals surface area contributed by atoms with Crippen molar-refractivity contribution >= 4 is 23.3 Å². The lowest BCUT2D eigenvalue weighted by molar-refractivity contribution is -0.116. The van der Waals surface area contributed by atoms with Crippen LogP contribution < -0.4 is 5.32 Å². The molecule has 1 N–H and O–H groups in total. The molecule has 2 fully saturated rings. The fourth-order valence-electron chi connectivity index (χ4n) is 7.04. The van der Waals surface area contributed by atoms with Crippen molar-refractivity contribution in [2.75, 3.05) is 5.32 Å². The first-order valence-corrected chi connectivity index (χ1v) is 12.1. The molecule has 1 aromatic heterocycles. The van der Waals surface area contributed by atoms with Gasteiger partial charge in [0.1, 0.15) is 11.6 Å². The Morgan fingerprint density at radius 3 is 2.97 bits per heavy atom. The summed E-state index contributed by atoms with van der Waals surface area (Å²) in [6.07, 6.45) is 8.25. The first-order chi connectivity index (χ1) is 15.3. The van der Waals surface area contributed by atoms with E-state index in [1.807, 2.05) is 6.07 Å². The number of allylic oxidation sites excluding steroid dienone is 1. The van der Waals surface area contributed by atoms with Crippen LogP contribution in [0.25, 0.3) is 0 Å². The zero-order chi connectivity index (χ0) is 22.5. The summed E-state index contributed by atoms with van der Waals surface area (Å²) >= 11 is 6.27. The maximum absolute atomic E-state index is 13.4. The summed E-state index contributed by atoms with van der Waals surface area (Å²) in [7, 11) is 0. The molecule has 3 aliphatic carbocycles. The van der Waals surface area contributed by atoms with Gasteiger partial charge in [-0.25, -0.2) is 9.37 Å². The van der Waals surface area contributed by atoms with Gasteiger partial charge in [-0.1, -0.05) is 36.7 Å². The first kappa shape index (κ1) is 21.6. The molecular formula is C27H30ClFN2O. The minimum Gasteiger partial charge on any atom is -0.311 e. The molecule has 3 aliphatic rings. The Kier molecular flexibility index (Phi) is 5.61. The zero-order valence-electron chi connectivity index (χ0n) is 18.5. The van der Waals surface area contributed by atoms with E-state index in [1.54, 1.807) is 0 Å². The number of fused-ring (bicyclic) bond motifs is 5. The number of nitrogens with zero attached hydrogens (tertiary/aromatic N) is 1. The number of pyridine rings is 1. The monoisotopic (exact) mass is 452 g/mol. The van der Waals surface area contributed by atoms with E-state index in [2.05, 4.69) is 35.9 Å². The summed E-state index contributed by atoms with van der Waals surface area (Å²) in [6.45, 7) is 6.90. The van der Waals surface area contributed by atoms with Crippen LogP contribution in [-0.2, 0) is 11.2 Å². The van der Waals surface area contributed by atoms with E-state index in [9.17, 15) is 9.18 Å². The number of aryl methyl sites for hydroxylation is 1. The van der Waals surface area contributed by atoms with Gasteiger partial charge in [-0.2, -0.15) is 0 Å². The molecule has 5 atom stereocenters. The molecule has 0 saturated heterocycles. The number of anilines is 1. The second-order valence-electron chi connectivity index (χ2n) is 10.1. The highest BCUT2D eigenvalue weighted by Gasteiger charge is 2.55. The number of halogens is 2. The molecule has 0 bridgehead atoms. The highest BCUT2D eigenvalue weighted by atomic mass is 35.5. The lowest BCUT2D eigenvalue weighted by atomic mass is 9.53. The zero-order valence-corrected chi connectivity index (χ0v) is 19.3. The van der Waals surface area contributed by atoms with Crippen LogP contribution in [0.3, 0.4) is 0 Å². The molecule has 1 aromatic carbocycles. The average molecular weight is 453 g/mol. The summed E-state index contributed by atoms with van der Waals surface area (Å²) < 4.78 is 13.4. The standard InChI is InChI=1S/C27H30ClFN2O/c1-16-13-18(4-8-25(32)31-24-15-20(29)10-12-30-24)26-23-6-3-17-14-19(28)5-7-21(17)22(23)9-11-27(16,26)2/h5,7,10,12,14-15,18,22-23,26H,1,3-4,6,8-9,11,13H2,2H3,(H,30,31,32)/t18-,22?,23?,26?,27-/m1/s1. The van der Waals surface area contributed by atoms with Crippen LogP contribution in [-0.4, -0.2) is 10.9 Å². The van der Waals surface area contributed by atoms with E-state index in [0.29, 0.717) is 30.1 Å². The minimum atomic E-state index is -0.398. The summed E-state index contributed by atoms with van der Waals surface area (Å²) in [5.41, 5.74) is 4.42. The highest BCUT2D eigenvalue weighted by molar-refractivity contribution is 6.30. The van der Waals surface area contributed by atoms with Gasteiger partial charge in [-0.05, 0) is 96.9 Å². The van der Waals surface area contributed by atoms with Gasteiger partial charge in [-0.15, -0.1) is 0 Å². The lowest BCUT2D eigenvalue weighted by Crippen LogP contribution is -2.42. The van der Waals surface area contributed by atoms with Crippen LogP contribution in [0.5, 0.6) is 0 Å². The Labute approximate surface area is 194 Å². The van der Waals surface area contributed by atoms with Crippen molar-refractivity contribution in [3.63, 3.8) is 0 Å². The first-order valence-electron chi connectivity index (χ1n) is 11.7. The van der Waals surface area contributed by atoms with Gasteiger partial charge in [-0.3, -0.25) is 4.79 Å². The van der Waals surface area contributed by atoms with E-state index in [1.165, 1.54) is 47.9 Å². The van der Waals surface area contributed by atoms with Crippen LogP contribution in [0, 0.1) is 29.0 Å². The van der Waals surface area contributed by atoms with Crippen LogP contribution in [0.1, 0.15) is 62.5 Å². The quantitative estimate of drug-likeness (QED) is 0.511. The number of carbonyl (C=O) groups excluding carboxylic acids is 1. The van der Waals surface area contributed by atoms with Crippen molar-refractivity contribution in [2.45, 2.75) is 57.8 Å². The number of carbonyl (C=O) groups is 1. The maximum atomic E-state index is 13.4. The van der Waals surface area contributed by atoms with Gasteiger partial charge < -0.3 is 5.32 Å². The molecule has 0 aliphatic heterocycles. The second-order valence-corrected chi connectivity index (χ2v) is 10.6. The molecule has 32 heavy (non-hydrogen) atoms. The van der Waals surface area contributed by atoms with E-state index < -0.39 is 5.82 Å². The molecular weight excluding hydrogens is 423 g/mol. The molecule has 0 spiro atoms. The Morgan fingerprint density at radius 1 is 1.31 bits per heavy atom. The molecule has 3 unspecified atom stereocenters. The van der Waals surface area contributed by atoms with E-state index >= 15 is 0 Å². The smallest absolute Gasteiger partial charge is 0.225 e. The number of aromatic nitrogens is 1. The Bertz CT molecular complexity index is 1070. The van der Waals surface area contributed by atoms with Gasteiger partial charge in [0.15, 0.2) is 0 Å². The van der Waals surface area contributed by atoms with E-state index in [-0.39, 0.29) is 17.1 Å². The van der Waals surface area contributed by atoms with Crippen molar-refractivity contribution in [1.82, 2.24) is 4.98 Å². The molecule has 2 saturated carbocycles. The number of hydrogen-bond acceptors (Lipinski definition) is 2. The Hall–Kier alpha value is -2.20. The number of amides is 1. The third-order valence-electron chi connectivity index (χ3n) is 8.50. The maximum Gasteiger partial charge on any atom is 0.225 e. The van der Waals surface area contributed by atoms with Crippen molar-refractivity contribution in [2.24, 2.45) is 23.2 Å². The third kappa shape index (κ3) is 3.77. The normalized spacial score (nSPS) is 30.9. The van der Waals surface area contributed by atoms with Crippen molar-refractivity contribution in [1.29, 1.82) is 0 Å². The predicted molar refractivity (Wildman–Crippen MR) is 126 cm³/mol. The summed E-state index contributed by atoms with van der Waals surface area (Å²) in [5.74, 6) is 1.99. The fourth-order valence-corrected chi connectivity index (χ4v) is 7.23. The largest absolute Gasteiger partial charge is 0.311 e. The van der Waals surface area contributed by atoms with E-state index in [4.69, 9.17) is 11.6 Å². The van der Waals surface area contributed by atoms with E-state index in [0.717, 1.165) is 30.7 Å². The van der Waals surface area contributed by atoms with Gasteiger partial charge >= 0.3 is 0 Å². The fraction of sp³-hybridized carbons (Fsp3) is 0.481.